The Hall–Kier alpha value is -2.54. The van der Waals surface area contributed by atoms with Crippen molar-refractivity contribution in [2.75, 3.05) is 6.61 Å². The maximum atomic E-state index is 13.9. The number of rotatable bonds is 11. The van der Waals surface area contributed by atoms with Gasteiger partial charge in [-0.3, -0.25) is 9.59 Å². The molecule has 5 nitrogen and oxygen atoms in total. The number of hydrogen-bond acceptors (Lipinski definition) is 3. The summed E-state index contributed by atoms with van der Waals surface area (Å²) in [7, 11) is 0. The van der Waals surface area contributed by atoms with Gasteiger partial charge in [0, 0.05) is 29.1 Å². The fraction of sp³-hybridized carbons (Fsp3) is 0.375. The number of ether oxygens (including phenoxy) is 1. The van der Waals surface area contributed by atoms with Crippen LogP contribution in [0.1, 0.15) is 57.7 Å². The van der Waals surface area contributed by atoms with Gasteiger partial charge in [0.25, 0.3) is 5.91 Å². The minimum Gasteiger partial charge on any atom is -0.483 e. The second-order valence-electron chi connectivity index (χ2n) is 11.0. The van der Waals surface area contributed by atoms with E-state index in [0.29, 0.717) is 27.8 Å². The molecule has 3 aromatic carbocycles. The predicted octanol–water partition coefficient (Wildman–Crippen LogP) is 7.99. The fourth-order valence-electron chi connectivity index (χ4n) is 4.14. The summed E-state index contributed by atoms with van der Waals surface area (Å²) in [6.07, 6.45) is 1.10. The minimum absolute atomic E-state index is 0.0286. The van der Waals surface area contributed by atoms with Crippen LogP contribution in [0.3, 0.4) is 0 Å². The van der Waals surface area contributed by atoms with E-state index >= 15 is 0 Å². The quantitative estimate of drug-likeness (QED) is 0.230. The van der Waals surface area contributed by atoms with Crippen molar-refractivity contribution in [3.05, 3.63) is 97.9 Å². The molecular formula is C32H37BrCl2N2O3. The largest absolute Gasteiger partial charge is 0.483 e. The molecule has 2 amide bonds. The van der Waals surface area contributed by atoms with E-state index in [1.165, 1.54) is 0 Å². The summed E-state index contributed by atoms with van der Waals surface area (Å²) in [6.45, 7) is 10.2. The Bertz CT molecular complexity index is 1310. The summed E-state index contributed by atoms with van der Waals surface area (Å²) in [4.78, 5) is 29.1. The first-order chi connectivity index (χ1) is 18.9. The van der Waals surface area contributed by atoms with Crippen molar-refractivity contribution in [1.82, 2.24) is 10.2 Å². The summed E-state index contributed by atoms with van der Waals surface area (Å²) in [5.41, 5.74) is 2.73. The summed E-state index contributed by atoms with van der Waals surface area (Å²) < 4.78 is 6.75. The minimum atomic E-state index is -0.786. The van der Waals surface area contributed by atoms with Crippen LogP contribution < -0.4 is 10.1 Å². The van der Waals surface area contributed by atoms with Crippen molar-refractivity contribution in [2.45, 2.75) is 71.5 Å². The van der Waals surface area contributed by atoms with Gasteiger partial charge in [-0.05, 0) is 75.6 Å². The van der Waals surface area contributed by atoms with Crippen LogP contribution in [-0.4, -0.2) is 35.4 Å². The Labute approximate surface area is 256 Å². The lowest BCUT2D eigenvalue weighted by Crippen LogP contribution is -2.53. The summed E-state index contributed by atoms with van der Waals surface area (Å²) in [6, 6.07) is 19.8. The van der Waals surface area contributed by atoms with Crippen molar-refractivity contribution < 1.29 is 14.3 Å². The van der Waals surface area contributed by atoms with E-state index in [1.54, 1.807) is 23.1 Å². The van der Waals surface area contributed by atoms with Crippen LogP contribution in [0, 0.1) is 0 Å². The summed E-state index contributed by atoms with van der Waals surface area (Å²) >= 11 is 16.2. The van der Waals surface area contributed by atoms with Gasteiger partial charge in [0.15, 0.2) is 6.61 Å². The van der Waals surface area contributed by atoms with Gasteiger partial charge < -0.3 is 15.0 Å². The molecule has 1 N–H and O–H groups in total. The molecule has 0 saturated heterocycles. The van der Waals surface area contributed by atoms with E-state index in [9.17, 15) is 9.59 Å². The van der Waals surface area contributed by atoms with Crippen LogP contribution >= 0.6 is 39.1 Å². The maximum Gasteiger partial charge on any atom is 0.261 e. The molecule has 0 aromatic heterocycles. The van der Waals surface area contributed by atoms with Gasteiger partial charge in [0.2, 0.25) is 5.91 Å². The van der Waals surface area contributed by atoms with Crippen molar-refractivity contribution in [1.29, 1.82) is 0 Å². The van der Waals surface area contributed by atoms with Crippen molar-refractivity contribution in [2.24, 2.45) is 0 Å². The SMILES string of the molecule is CCC(C)NC(=O)C(Cc1ccccc1)N(Cc1ccc(Cl)cc1Cl)C(=O)COc1ccc(C(C)(C)C)cc1Br. The molecule has 0 spiro atoms. The Morgan fingerprint density at radius 1 is 1.02 bits per heavy atom. The van der Waals surface area contributed by atoms with Crippen LogP contribution in [0.25, 0.3) is 0 Å². The van der Waals surface area contributed by atoms with E-state index in [4.69, 9.17) is 27.9 Å². The lowest BCUT2D eigenvalue weighted by Gasteiger charge is -2.32. The Kier molecular flexibility index (Phi) is 11.5. The third kappa shape index (κ3) is 8.98. The third-order valence-corrected chi connectivity index (χ3v) is 7.98. The molecule has 0 aliphatic rings. The Morgan fingerprint density at radius 2 is 1.73 bits per heavy atom. The molecule has 0 aliphatic heterocycles. The first kappa shape index (κ1) is 32.0. The normalized spacial score (nSPS) is 12.9. The van der Waals surface area contributed by atoms with Gasteiger partial charge >= 0.3 is 0 Å². The number of nitrogens with zero attached hydrogens (tertiary/aromatic N) is 1. The zero-order chi connectivity index (χ0) is 29.4. The van der Waals surface area contributed by atoms with Gasteiger partial charge in [0.1, 0.15) is 11.8 Å². The third-order valence-electron chi connectivity index (χ3n) is 6.78. The van der Waals surface area contributed by atoms with Gasteiger partial charge in [-0.25, -0.2) is 0 Å². The Morgan fingerprint density at radius 3 is 2.33 bits per heavy atom. The zero-order valence-electron chi connectivity index (χ0n) is 23.6. The van der Waals surface area contributed by atoms with Crippen LogP contribution in [0.2, 0.25) is 10.0 Å². The van der Waals surface area contributed by atoms with Gasteiger partial charge in [0.05, 0.1) is 4.47 Å². The van der Waals surface area contributed by atoms with E-state index in [1.807, 2.05) is 62.4 Å². The molecule has 3 rings (SSSR count). The molecule has 8 heteroatoms. The molecule has 0 heterocycles. The van der Waals surface area contributed by atoms with Crippen molar-refractivity contribution in [3.8, 4) is 5.75 Å². The fourth-order valence-corrected chi connectivity index (χ4v) is 5.10. The highest BCUT2D eigenvalue weighted by atomic mass is 79.9. The average molecular weight is 648 g/mol. The predicted molar refractivity (Wildman–Crippen MR) is 167 cm³/mol. The maximum absolute atomic E-state index is 13.9. The molecule has 3 aromatic rings. The number of amides is 2. The molecule has 2 atom stereocenters. The lowest BCUT2D eigenvalue weighted by molar-refractivity contribution is -0.143. The monoisotopic (exact) mass is 646 g/mol. The topological polar surface area (TPSA) is 58.6 Å². The molecule has 214 valence electrons. The number of benzene rings is 3. The van der Waals surface area contributed by atoms with Crippen molar-refractivity contribution >= 4 is 50.9 Å². The highest BCUT2D eigenvalue weighted by Gasteiger charge is 2.32. The molecule has 0 bridgehead atoms. The van der Waals surface area contributed by atoms with Crippen LogP contribution in [0.15, 0.2) is 71.2 Å². The number of hydrogen-bond donors (Lipinski definition) is 1. The van der Waals surface area contributed by atoms with E-state index < -0.39 is 6.04 Å². The number of carbonyl (C=O) groups is 2. The zero-order valence-corrected chi connectivity index (χ0v) is 26.7. The van der Waals surface area contributed by atoms with Crippen LogP contribution in [0.5, 0.6) is 5.75 Å². The highest BCUT2D eigenvalue weighted by molar-refractivity contribution is 9.10. The van der Waals surface area contributed by atoms with Crippen LogP contribution in [-0.2, 0) is 28.0 Å². The summed E-state index contributed by atoms with van der Waals surface area (Å²) in [5, 5.41) is 3.98. The molecule has 0 radical (unpaired) electrons. The summed E-state index contributed by atoms with van der Waals surface area (Å²) in [5.74, 6) is -0.0140. The molecular weight excluding hydrogens is 611 g/mol. The van der Waals surface area contributed by atoms with Gasteiger partial charge in [-0.1, -0.05) is 93.4 Å². The first-order valence-electron chi connectivity index (χ1n) is 13.4. The second kappa shape index (κ2) is 14.4. The number of nitrogens with one attached hydrogen (secondary N) is 1. The molecule has 40 heavy (non-hydrogen) atoms. The van der Waals surface area contributed by atoms with Crippen LogP contribution in [0.4, 0.5) is 0 Å². The van der Waals surface area contributed by atoms with E-state index in [-0.39, 0.29) is 36.4 Å². The molecule has 0 fully saturated rings. The number of carbonyl (C=O) groups excluding carboxylic acids is 2. The standard InChI is InChI=1S/C32H37BrCl2N2O3/c1-6-21(2)36-31(39)28(16-22-10-8-7-9-11-22)37(19-23-12-14-25(34)18-27(23)35)30(38)20-40-29-15-13-24(17-26(29)33)32(3,4)5/h7-15,17-18,21,28H,6,16,19-20H2,1-5H3,(H,36,39). The Balaban J connectivity index is 1.95. The van der Waals surface area contributed by atoms with E-state index in [2.05, 4.69) is 42.0 Å². The second-order valence-corrected chi connectivity index (χ2v) is 12.7. The lowest BCUT2D eigenvalue weighted by atomic mass is 9.87. The van der Waals surface area contributed by atoms with Gasteiger partial charge in [-0.2, -0.15) is 0 Å². The van der Waals surface area contributed by atoms with E-state index in [0.717, 1.165) is 22.0 Å². The number of halogens is 3. The highest BCUT2D eigenvalue weighted by Crippen LogP contribution is 2.32. The smallest absolute Gasteiger partial charge is 0.261 e. The first-order valence-corrected chi connectivity index (χ1v) is 14.9. The molecule has 0 saturated carbocycles. The van der Waals surface area contributed by atoms with Crippen molar-refractivity contribution in [3.63, 3.8) is 0 Å². The van der Waals surface area contributed by atoms with Gasteiger partial charge in [-0.15, -0.1) is 0 Å². The molecule has 0 aliphatic carbocycles. The average Bonchev–Trinajstić information content (AvgIpc) is 2.90. The molecule has 2 unspecified atom stereocenters.